The van der Waals surface area contributed by atoms with Crippen LogP contribution in [0.15, 0.2) is 0 Å². The van der Waals surface area contributed by atoms with E-state index in [0.717, 1.165) is 18.9 Å². The highest BCUT2D eigenvalue weighted by Gasteiger charge is 2.31. The fraction of sp³-hybridized carbons (Fsp3) is 0.900. The van der Waals surface area contributed by atoms with E-state index in [9.17, 15) is 9.90 Å². The first-order valence-electron chi connectivity index (χ1n) is 5.08. The molecule has 4 nitrogen and oxygen atoms in total. The highest BCUT2D eigenvalue weighted by atomic mass is 16.5. The fourth-order valence-corrected chi connectivity index (χ4v) is 1.34. The van der Waals surface area contributed by atoms with Crippen LogP contribution in [0.4, 0.5) is 0 Å². The van der Waals surface area contributed by atoms with E-state index in [0.29, 0.717) is 0 Å². The standard InChI is InChI=1S/C10H19NO3/c1-10(13,9(12)14-2)7-11-6-5-8-3-4-8/h8,11,13H,3-7H2,1-2H3. The van der Waals surface area contributed by atoms with Crippen molar-refractivity contribution in [1.82, 2.24) is 5.32 Å². The number of hydrogen-bond acceptors (Lipinski definition) is 4. The van der Waals surface area contributed by atoms with Gasteiger partial charge in [0, 0.05) is 6.54 Å². The second-order valence-electron chi connectivity index (χ2n) is 4.17. The molecule has 0 heterocycles. The van der Waals surface area contributed by atoms with E-state index < -0.39 is 11.6 Å². The van der Waals surface area contributed by atoms with Gasteiger partial charge >= 0.3 is 5.97 Å². The largest absolute Gasteiger partial charge is 0.467 e. The third-order valence-corrected chi connectivity index (χ3v) is 2.52. The van der Waals surface area contributed by atoms with Gasteiger partial charge in [-0.15, -0.1) is 0 Å². The number of ether oxygens (including phenoxy) is 1. The van der Waals surface area contributed by atoms with E-state index in [4.69, 9.17) is 0 Å². The maximum atomic E-state index is 11.1. The van der Waals surface area contributed by atoms with Gasteiger partial charge in [0.05, 0.1) is 7.11 Å². The number of carbonyl (C=O) groups excluding carboxylic acids is 1. The Bertz CT molecular complexity index is 200. The van der Waals surface area contributed by atoms with E-state index in [1.807, 2.05) is 0 Å². The molecule has 0 aromatic heterocycles. The van der Waals surface area contributed by atoms with Gasteiger partial charge in [-0.25, -0.2) is 4.79 Å². The first kappa shape index (κ1) is 11.5. The molecule has 0 amide bonds. The van der Waals surface area contributed by atoms with Crippen LogP contribution in [0, 0.1) is 5.92 Å². The minimum Gasteiger partial charge on any atom is -0.467 e. The lowest BCUT2D eigenvalue weighted by molar-refractivity contribution is -0.159. The summed E-state index contributed by atoms with van der Waals surface area (Å²) in [5.41, 5.74) is -1.40. The summed E-state index contributed by atoms with van der Waals surface area (Å²) in [5, 5.41) is 12.7. The number of methoxy groups -OCH3 is 1. The maximum absolute atomic E-state index is 11.1. The molecule has 0 aromatic carbocycles. The Labute approximate surface area is 84.6 Å². The molecule has 0 saturated heterocycles. The third-order valence-electron chi connectivity index (χ3n) is 2.52. The van der Waals surface area contributed by atoms with Crippen molar-refractivity contribution in [2.24, 2.45) is 5.92 Å². The average molecular weight is 201 g/mol. The molecule has 1 saturated carbocycles. The Hall–Kier alpha value is -0.610. The zero-order chi connectivity index (χ0) is 10.6. The molecule has 82 valence electrons. The number of nitrogens with one attached hydrogen (secondary N) is 1. The van der Waals surface area contributed by atoms with Crippen LogP contribution in [0.25, 0.3) is 0 Å². The van der Waals surface area contributed by atoms with E-state index >= 15 is 0 Å². The van der Waals surface area contributed by atoms with Crippen molar-refractivity contribution in [3.63, 3.8) is 0 Å². The summed E-state index contributed by atoms with van der Waals surface area (Å²) in [4.78, 5) is 11.1. The smallest absolute Gasteiger partial charge is 0.338 e. The molecule has 0 aliphatic heterocycles. The predicted molar refractivity (Wildman–Crippen MR) is 52.9 cm³/mol. The summed E-state index contributed by atoms with van der Waals surface area (Å²) in [6, 6.07) is 0. The molecule has 2 N–H and O–H groups in total. The van der Waals surface area contributed by atoms with Gasteiger partial charge in [-0.05, 0) is 25.8 Å². The van der Waals surface area contributed by atoms with Crippen molar-refractivity contribution in [2.45, 2.75) is 31.8 Å². The van der Waals surface area contributed by atoms with Gasteiger partial charge in [-0.3, -0.25) is 0 Å². The van der Waals surface area contributed by atoms with Gasteiger partial charge in [0.2, 0.25) is 0 Å². The maximum Gasteiger partial charge on any atom is 0.338 e. The third kappa shape index (κ3) is 3.64. The normalized spacial score (nSPS) is 20.2. The highest BCUT2D eigenvalue weighted by Crippen LogP contribution is 2.31. The Balaban J connectivity index is 2.10. The number of carbonyl (C=O) groups is 1. The highest BCUT2D eigenvalue weighted by molar-refractivity contribution is 5.78. The van der Waals surface area contributed by atoms with Crippen molar-refractivity contribution < 1.29 is 14.6 Å². The van der Waals surface area contributed by atoms with Crippen LogP contribution >= 0.6 is 0 Å². The summed E-state index contributed by atoms with van der Waals surface area (Å²) in [7, 11) is 1.28. The second kappa shape index (κ2) is 4.75. The van der Waals surface area contributed by atoms with Crippen molar-refractivity contribution in [3.05, 3.63) is 0 Å². The second-order valence-corrected chi connectivity index (χ2v) is 4.17. The van der Waals surface area contributed by atoms with Crippen LogP contribution in [0.1, 0.15) is 26.2 Å². The van der Waals surface area contributed by atoms with Gasteiger partial charge in [0.15, 0.2) is 5.60 Å². The van der Waals surface area contributed by atoms with Gasteiger partial charge < -0.3 is 15.2 Å². The topological polar surface area (TPSA) is 58.6 Å². The van der Waals surface area contributed by atoms with Gasteiger partial charge in [-0.2, -0.15) is 0 Å². The van der Waals surface area contributed by atoms with Crippen LogP contribution in [-0.4, -0.2) is 36.9 Å². The fourth-order valence-electron chi connectivity index (χ4n) is 1.34. The molecule has 14 heavy (non-hydrogen) atoms. The molecular weight excluding hydrogens is 182 g/mol. The van der Waals surface area contributed by atoms with Crippen molar-refractivity contribution >= 4 is 5.97 Å². The minimum atomic E-state index is -1.40. The summed E-state index contributed by atoms with van der Waals surface area (Å²) in [6.45, 7) is 2.58. The zero-order valence-corrected chi connectivity index (χ0v) is 8.88. The molecular formula is C10H19NO3. The first-order chi connectivity index (χ1) is 6.56. The van der Waals surface area contributed by atoms with Crippen molar-refractivity contribution in [1.29, 1.82) is 0 Å². The van der Waals surface area contributed by atoms with Crippen LogP contribution in [0.2, 0.25) is 0 Å². The number of hydrogen-bond donors (Lipinski definition) is 2. The molecule has 0 spiro atoms. The quantitative estimate of drug-likeness (QED) is 0.479. The Morgan fingerprint density at radius 3 is 2.79 bits per heavy atom. The molecule has 0 radical (unpaired) electrons. The predicted octanol–water partition coefficient (Wildman–Crippen LogP) is 0.300. The lowest BCUT2D eigenvalue weighted by atomic mass is 10.1. The van der Waals surface area contributed by atoms with Crippen LogP contribution < -0.4 is 5.32 Å². The summed E-state index contributed by atoms with van der Waals surface area (Å²) in [5.74, 6) is 0.280. The van der Waals surface area contributed by atoms with Crippen LogP contribution in [0.5, 0.6) is 0 Å². The van der Waals surface area contributed by atoms with E-state index in [2.05, 4.69) is 10.1 Å². The van der Waals surface area contributed by atoms with E-state index in [1.165, 1.54) is 26.9 Å². The molecule has 1 aliphatic carbocycles. The molecule has 1 unspecified atom stereocenters. The number of rotatable bonds is 6. The van der Waals surface area contributed by atoms with Gasteiger partial charge in [0.1, 0.15) is 0 Å². The molecule has 1 atom stereocenters. The van der Waals surface area contributed by atoms with E-state index in [-0.39, 0.29) is 6.54 Å². The molecule has 4 heteroatoms. The van der Waals surface area contributed by atoms with Crippen molar-refractivity contribution in [3.8, 4) is 0 Å². The number of aliphatic hydroxyl groups is 1. The van der Waals surface area contributed by atoms with Gasteiger partial charge in [0.25, 0.3) is 0 Å². The lowest BCUT2D eigenvalue weighted by Gasteiger charge is -2.20. The molecule has 1 aliphatic rings. The minimum absolute atomic E-state index is 0.256. The molecule has 1 rings (SSSR count). The Morgan fingerprint density at radius 2 is 2.29 bits per heavy atom. The first-order valence-corrected chi connectivity index (χ1v) is 5.08. The van der Waals surface area contributed by atoms with E-state index in [1.54, 1.807) is 0 Å². The van der Waals surface area contributed by atoms with Gasteiger partial charge in [-0.1, -0.05) is 12.8 Å². The Kier molecular flexibility index (Phi) is 3.89. The molecule has 0 aromatic rings. The summed E-state index contributed by atoms with van der Waals surface area (Å²) < 4.78 is 4.48. The SMILES string of the molecule is COC(=O)C(C)(O)CNCCC1CC1. The zero-order valence-electron chi connectivity index (χ0n) is 8.88. The average Bonchev–Trinajstić information content (AvgIpc) is 2.94. The van der Waals surface area contributed by atoms with Crippen LogP contribution in [0.3, 0.4) is 0 Å². The number of esters is 1. The molecule has 1 fully saturated rings. The monoisotopic (exact) mass is 201 g/mol. The summed E-state index contributed by atoms with van der Waals surface area (Å²) >= 11 is 0. The molecule has 0 bridgehead atoms. The van der Waals surface area contributed by atoms with Crippen LogP contribution in [-0.2, 0) is 9.53 Å². The summed E-state index contributed by atoms with van der Waals surface area (Å²) in [6.07, 6.45) is 3.79. The Morgan fingerprint density at radius 1 is 1.64 bits per heavy atom. The lowest BCUT2D eigenvalue weighted by Crippen LogP contribution is -2.45. The van der Waals surface area contributed by atoms with Crippen molar-refractivity contribution in [2.75, 3.05) is 20.2 Å².